The summed E-state index contributed by atoms with van der Waals surface area (Å²) < 4.78 is 0. The predicted octanol–water partition coefficient (Wildman–Crippen LogP) is 0.298. The summed E-state index contributed by atoms with van der Waals surface area (Å²) in [7, 11) is 0. The maximum Gasteiger partial charge on any atom is 0.480 e. The summed E-state index contributed by atoms with van der Waals surface area (Å²) in [5.41, 5.74) is 0. The zero-order valence-electron chi connectivity index (χ0n) is 4.03. The minimum Gasteiger partial charge on any atom is -0.259 e. The average molecular weight is 114 g/mol. The normalized spacial score (nSPS) is 17.2. The summed E-state index contributed by atoms with van der Waals surface area (Å²) in [5, 5.41) is 10.5. The number of nitrogens with zero attached hydrogens (tertiary/aromatic N) is 1. The first-order valence-electron chi connectivity index (χ1n) is 2.10. The van der Waals surface area contributed by atoms with Crippen molar-refractivity contribution in [3.63, 3.8) is 0 Å². The van der Waals surface area contributed by atoms with Crippen LogP contribution >= 0.6 is 0 Å². The van der Waals surface area contributed by atoms with Gasteiger partial charge in [-0.2, -0.15) is 5.06 Å². The Bertz CT molecular complexity index is 131. The van der Waals surface area contributed by atoms with Crippen LogP contribution in [0.1, 0.15) is 0 Å². The monoisotopic (exact) mass is 114 g/mol. The van der Waals surface area contributed by atoms with Crippen molar-refractivity contribution in [3.05, 3.63) is 12.3 Å². The minimum absolute atomic E-state index is 0.313. The first-order valence-corrected chi connectivity index (χ1v) is 2.10. The minimum atomic E-state index is -1.33. The second-order valence-electron chi connectivity index (χ2n) is 1.27. The Morgan fingerprint density at radius 1 is 1.75 bits per heavy atom. The summed E-state index contributed by atoms with van der Waals surface area (Å²) in [6.07, 6.45) is 1.55. The maximum absolute atomic E-state index is 9.84. The van der Waals surface area contributed by atoms with Gasteiger partial charge in [0.25, 0.3) is 0 Å². The van der Waals surface area contributed by atoms with Gasteiger partial charge in [-0.25, -0.2) is 9.90 Å². The fourth-order valence-electron chi connectivity index (χ4n) is 0.419. The van der Waals surface area contributed by atoms with Gasteiger partial charge >= 0.3 is 6.09 Å². The number of hydrogen-bond acceptors (Lipinski definition) is 2. The molecule has 8 heavy (non-hydrogen) atoms. The lowest BCUT2D eigenvalue weighted by atomic mass is 10.7. The molecule has 1 rings (SSSR count). The smallest absolute Gasteiger partial charge is 0.259 e. The van der Waals surface area contributed by atoms with E-state index in [0.717, 1.165) is 0 Å². The van der Waals surface area contributed by atoms with Crippen LogP contribution < -0.4 is 0 Å². The third kappa shape index (κ3) is 0.788. The third-order valence-corrected chi connectivity index (χ3v) is 0.731. The lowest BCUT2D eigenvalue weighted by molar-refractivity contribution is -0.0733. The van der Waals surface area contributed by atoms with Gasteiger partial charge in [-0.15, -0.1) is 0 Å². The second-order valence-corrected chi connectivity index (χ2v) is 1.27. The van der Waals surface area contributed by atoms with Gasteiger partial charge in [0, 0.05) is 6.20 Å². The Balaban J connectivity index is 2.48. The van der Waals surface area contributed by atoms with E-state index in [1.807, 2.05) is 0 Å². The third-order valence-electron chi connectivity index (χ3n) is 0.731. The second kappa shape index (κ2) is 1.83. The van der Waals surface area contributed by atoms with E-state index in [1.54, 1.807) is 6.08 Å². The maximum atomic E-state index is 9.84. The van der Waals surface area contributed by atoms with Gasteiger partial charge in [0.2, 0.25) is 0 Å². The van der Waals surface area contributed by atoms with Gasteiger partial charge < -0.3 is 0 Å². The standard InChI is InChI=1S/C4H4NO3/c6-4(7)5-2-1-3-8-5/h1-2H,3H2. The molecule has 0 aromatic heterocycles. The molecular weight excluding hydrogens is 110 g/mol. The van der Waals surface area contributed by atoms with Crippen molar-refractivity contribution >= 4 is 6.09 Å². The molecule has 0 aliphatic carbocycles. The van der Waals surface area contributed by atoms with Crippen molar-refractivity contribution in [2.75, 3.05) is 6.61 Å². The van der Waals surface area contributed by atoms with E-state index in [9.17, 15) is 9.90 Å². The highest BCUT2D eigenvalue weighted by molar-refractivity contribution is 5.64. The number of amides is 1. The number of hydroxylamine groups is 2. The van der Waals surface area contributed by atoms with Gasteiger partial charge in [-0.1, -0.05) is 0 Å². The zero-order valence-corrected chi connectivity index (χ0v) is 4.03. The van der Waals surface area contributed by atoms with E-state index >= 15 is 0 Å². The summed E-state index contributed by atoms with van der Waals surface area (Å²) in [4.78, 5) is 14.3. The molecule has 1 aliphatic rings. The molecule has 0 bridgehead atoms. The number of hydrogen-bond donors (Lipinski definition) is 0. The van der Waals surface area contributed by atoms with Crippen molar-refractivity contribution in [3.8, 4) is 0 Å². The van der Waals surface area contributed by atoms with Gasteiger partial charge in [0.05, 0.1) is 6.61 Å². The molecule has 1 aliphatic heterocycles. The summed E-state index contributed by atoms with van der Waals surface area (Å²) in [6, 6.07) is 0. The SMILES string of the molecule is [O]C(=O)N1C=CCO1. The van der Waals surface area contributed by atoms with Gasteiger partial charge in [0.15, 0.2) is 0 Å². The molecule has 1 amide bonds. The van der Waals surface area contributed by atoms with Crippen molar-refractivity contribution in [1.29, 1.82) is 0 Å². The molecule has 0 saturated carbocycles. The molecule has 0 fully saturated rings. The van der Waals surface area contributed by atoms with Crippen LogP contribution in [-0.4, -0.2) is 17.8 Å². The molecule has 0 saturated heterocycles. The number of carbonyl (C=O) groups is 1. The molecule has 0 unspecified atom stereocenters. The molecule has 1 radical (unpaired) electrons. The summed E-state index contributed by atoms with van der Waals surface area (Å²) >= 11 is 0. The Morgan fingerprint density at radius 3 is 2.75 bits per heavy atom. The molecule has 4 heteroatoms. The van der Waals surface area contributed by atoms with E-state index in [1.165, 1.54) is 6.20 Å². The largest absolute Gasteiger partial charge is 0.480 e. The first-order chi connectivity index (χ1) is 3.80. The highest BCUT2D eigenvalue weighted by Gasteiger charge is 2.13. The predicted molar refractivity (Wildman–Crippen MR) is 23.0 cm³/mol. The van der Waals surface area contributed by atoms with E-state index in [0.29, 0.717) is 11.7 Å². The zero-order chi connectivity index (χ0) is 5.98. The van der Waals surface area contributed by atoms with Crippen LogP contribution in [0.4, 0.5) is 4.79 Å². The van der Waals surface area contributed by atoms with E-state index in [4.69, 9.17) is 0 Å². The van der Waals surface area contributed by atoms with Gasteiger partial charge in [0.1, 0.15) is 0 Å². The molecule has 0 atom stereocenters. The van der Waals surface area contributed by atoms with Crippen molar-refractivity contribution in [2.24, 2.45) is 0 Å². The van der Waals surface area contributed by atoms with Crippen LogP contribution in [0, 0.1) is 0 Å². The van der Waals surface area contributed by atoms with Crippen LogP contribution in [-0.2, 0) is 9.94 Å². The van der Waals surface area contributed by atoms with Gasteiger partial charge in [-0.05, 0) is 6.08 Å². The molecule has 0 spiro atoms. The summed E-state index contributed by atoms with van der Waals surface area (Å²) in [5.74, 6) is 0. The Kier molecular flexibility index (Phi) is 1.17. The molecule has 43 valence electrons. The fourth-order valence-corrected chi connectivity index (χ4v) is 0.419. The molecule has 0 aromatic carbocycles. The first kappa shape index (κ1) is 5.11. The van der Waals surface area contributed by atoms with Crippen molar-refractivity contribution < 1.29 is 14.7 Å². The van der Waals surface area contributed by atoms with Crippen LogP contribution in [0.25, 0.3) is 0 Å². The topological polar surface area (TPSA) is 49.4 Å². The molecular formula is C4H4NO3. The van der Waals surface area contributed by atoms with Crippen LogP contribution in [0.3, 0.4) is 0 Å². The molecule has 0 N–H and O–H groups in total. The Hall–Kier alpha value is -1.03. The molecule has 0 aromatic rings. The quantitative estimate of drug-likeness (QED) is 0.454. The van der Waals surface area contributed by atoms with Crippen molar-refractivity contribution in [2.45, 2.75) is 0 Å². The van der Waals surface area contributed by atoms with Crippen LogP contribution in [0.2, 0.25) is 0 Å². The lowest BCUT2D eigenvalue weighted by Gasteiger charge is -2.02. The molecule has 4 nitrogen and oxygen atoms in total. The van der Waals surface area contributed by atoms with E-state index in [-0.39, 0.29) is 0 Å². The number of rotatable bonds is 0. The van der Waals surface area contributed by atoms with Crippen LogP contribution in [0.15, 0.2) is 12.3 Å². The fraction of sp³-hybridized carbons (Fsp3) is 0.250. The van der Waals surface area contributed by atoms with E-state index < -0.39 is 6.09 Å². The average Bonchev–Trinajstić information content (AvgIpc) is 2.12. The molecule has 1 heterocycles. The highest BCUT2D eigenvalue weighted by atomic mass is 16.7. The van der Waals surface area contributed by atoms with Crippen LogP contribution in [0.5, 0.6) is 0 Å². The van der Waals surface area contributed by atoms with E-state index in [2.05, 4.69) is 4.84 Å². The number of carbonyl (C=O) groups excluding carboxylic acids is 1. The lowest BCUT2D eigenvalue weighted by Crippen LogP contribution is -2.18. The van der Waals surface area contributed by atoms with Crippen molar-refractivity contribution in [1.82, 2.24) is 5.06 Å². The highest BCUT2D eigenvalue weighted by Crippen LogP contribution is 1.99. The Labute approximate surface area is 45.9 Å². The van der Waals surface area contributed by atoms with Gasteiger partial charge in [-0.3, -0.25) is 4.84 Å². The Morgan fingerprint density at radius 2 is 2.50 bits per heavy atom. The summed E-state index contributed by atoms with van der Waals surface area (Å²) in [6.45, 7) is 0.313.